The lowest BCUT2D eigenvalue weighted by molar-refractivity contribution is -0.138. The van der Waals surface area contributed by atoms with Gasteiger partial charge in [-0.05, 0) is 30.9 Å². The molecule has 2 aliphatic rings. The van der Waals surface area contributed by atoms with Crippen molar-refractivity contribution in [3.05, 3.63) is 53.5 Å². The van der Waals surface area contributed by atoms with Crippen molar-refractivity contribution in [1.29, 1.82) is 5.26 Å². The second kappa shape index (κ2) is 7.40. The van der Waals surface area contributed by atoms with Gasteiger partial charge in [-0.25, -0.2) is 0 Å². The summed E-state index contributed by atoms with van der Waals surface area (Å²) in [6, 6.07) is 10.8. The molecule has 9 heteroatoms. The van der Waals surface area contributed by atoms with Gasteiger partial charge in [0.25, 0.3) is 0 Å². The van der Waals surface area contributed by atoms with Crippen molar-refractivity contribution < 1.29 is 22.6 Å². The quantitative estimate of drug-likeness (QED) is 0.553. The summed E-state index contributed by atoms with van der Waals surface area (Å²) < 4.78 is 54.5. The number of aromatic nitrogens is 3. The van der Waals surface area contributed by atoms with E-state index in [9.17, 15) is 18.4 Å². The van der Waals surface area contributed by atoms with Crippen LogP contribution in [0.25, 0.3) is 5.65 Å². The molecule has 2 saturated carbocycles. The van der Waals surface area contributed by atoms with Gasteiger partial charge in [0.2, 0.25) is 0 Å². The van der Waals surface area contributed by atoms with Gasteiger partial charge in [-0.1, -0.05) is 18.2 Å². The lowest BCUT2D eigenvalue weighted by Gasteiger charge is -2.43. The number of pyridine rings is 1. The van der Waals surface area contributed by atoms with Crippen LogP contribution in [-0.2, 0) is 18.0 Å². The predicted molar refractivity (Wildman–Crippen MR) is 108 cm³/mol. The van der Waals surface area contributed by atoms with Crippen LogP contribution in [0.3, 0.4) is 0 Å². The maximum atomic E-state index is 14.0. The Morgan fingerprint density at radius 3 is 2.56 bits per heavy atom. The number of rotatable bonds is 6. The van der Waals surface area contributed by atoms with Crippen LogP contribution in [0.4, 0.5) is 13.2 Å². The molecule has 0 radical (unpaired) electrons. The first kappa shape index (κ1) is 20.6. The number of alkyl halides is 3. The molecule has 0 unspecified atom stereocenters. The molecule has 0 spiro atoms. The molecular formula is C23H21F3N4O2. The Labute approximate surface area is 182 Å². The molecule has 2 fully saturated rings. The molecule has 0 N–H and O–H groups in total. The summed E-state index contributed by atoms with van der Waals surface area (Å²) in [6.07, 6.45) is -0.359. The number of hydrogen-bond acceptors (Lipinski definition) is 5. The zero-order valence-corrected chi connectivity index (χ0v) is 17.4. The van der Waals surface area contributed by atoms with Crippen LogP contribution < -0.4 is 9.47 Å². The molecule has 0 atom stereocenters. The first-order valence-corrected chi connectivity index (χ1v) is 10.5. The smallest absolute Gasteiger partial charge is 0.423 e. The second-order valence-corrected chi connectivity index (χ2v) is 8.55. The minimum absolute atomic E-state index is 0.249. The molecule has 0 aliphatic heterocycles. The van der Waals surface area contributed by atoms with E-state index >= 15 is 0 Å². The highest BCUT2D eigenvalue weighted by Crippen LogP contribution is 2.49. The normalized spacial score (nSPS) is 22.9. The van der Waals surface area contributed by atoms with E-state index < -0.39 is 23.3 Å². The van der Waals surface area contributed by atoms with Crippen molar-refractivity contribution in [2.45, 2.75) is 49.8 Å². The van der Waals surface area contributed by atoms with Crippen LogP contribution in [0, 0.1) is 17.2 Å². The third-order valence-corrected chi connectivity index (χ3v) is 6.35. The highest BCUT2D eigenvalue weighted by atomic mass is 19.4. The second-order valence-electron chi connectivity index (χ2n) is 8.55. The average Bonchev–Trinajstić information content (AvgIpc) is 3.48. The standard InChI is InChI=1S/C23H21F3N4O2/c1-31-17-5-3-2-4-16(17)22(13-27)11-15(12-22)32-18-8-9-30-19(10-14-6-7-14)28-29-21(30)20(18)23(24,25)26/h2-5,8-9,14-15H,6-7,10-12H2,1H3. The van der Waals surface area contributed by atoms with Gasteiger partial charge in [-0.3, -0.25) is 4.40 Å². The summed E-state index contributed by atoms with van der Waals surface area (Å²) in [7, 11) is 1.53. The molecule has 6 nitrogen and oxygen atoms in total. The van der Waals surface area contributed by atoms with E-state index in [1.165, 1.54) is 23.8 Å². The van der Waals surface area contributed by atoms with Gasteiger partial charge in [0, 0.05) is 31.0 Å². The van der Waals surface area contributed by atoms with Gasteiger partial charge in [0.15, 0.2) is 5.65 Å². The van der Waals surface area contributed by atoms with Crippen LogP contribution in [-0.4, -0.2) is 27.8 Å². The molecular weight excluding hydrogens is 421 g/mol. The minimum atomic E-state index is -4.65. The molecule has 0 bridgehead atoms. The summed E-state index contributed by atoms with van der Waals surface area (Å²) in [5.74, 6) is 1.29. The van der Waals surface area contributed by atoms with E-state index in [-0.39, 0.29) is 24.2 Å². The molecule has 1 aromatic carbocycles. The number of nitrogens with zero attached hydrogens (tertiary/aromatic N) is 4. The Morgan fingerprint density at radius 1 is 1.16 bits per heavy atom. The summed E-state index contributed by atoms with van der Waals surface area (Å²) in [5, 5.41) is 17.7. The van der Waals surface area contributed by atoms with Gasteiger partial charge in [-0.2, -0.15) is 18.4 Å². The Bertz CT molecular complexity index is 1200. The van der Waals surface area contributed by atoms with E-state index in [1.807, 2.05) is 12.1 Å². The number of benzene rings is 1. The SMILES string of the molecule is COc1ccccc1C1(C#N)CC(Oc2ccn3c(CC4CC4)nnc3c2C(F)(F)F)C1. The van der Waals surface area contributed by atoms with E-state index in [0.29, 0.717) is 23.9 Å². The van der Waals surface area contributed by atoms with E-state index in [2.05, 4.69) is 16.3 Å². The summed E-state index contributed by atoms with van der Waals surface area (Å²) >= 11 is 0. The molecule has 32 heavy (non-hydrogen) atoms. The fourth-order valence-electron chi connectivity index (χ4n) is 4.46. The van der Waals surface area contributed by atoms with Crippen LogP contribution in [0.15, 0.2) is 36.5 Å². The Morgan fingerprint density at radius 2 is 1.91 bits per heavy atom. The Kier molecular flexibility index (Phi) is 4.77. The van der Waals surface area contributed by atoms with Crippen molar-refractivity contribution in [3.63, 3.8) is 0 Å². The molecule has 166 valence electrons. The number of fused-ring (bicyclic) bond motifs is 1. The number of hydrogen-bond donors (Lipinski definition) is 0. The summed E-state index contributed by atoms with van der Waals surface area (Å²) in [5.41, 5.74) is -1.31. The van der Waals surface area contributed by atoms with Gasteiger partial charge in [-0.15, -0.1) is 10.2 Å². The number of ether oxygens (including phenoxy) is 2. The largest absolute Gasteiger partial charge is 0.496 e. The maximum absolute atomic E-state index is 14.0. The molecule has 0 saturated heterocycles. The first-order valence-electron chi connectivity index (χ1n) is 10.5. The monoisotopic (exact) mass is 442 g/mol. The molecule has 5 rings (SSSR count). The fourth-order valence-corrected chi connectivity index (χ4v) is 4.46. The average molecular weight is 442 g/mol. The van der Waals surface area contributed by atoms with Crippen molar-refractivity contribution >= 4 is 5.65 Å². The van der Waals surface area contributed by atoms with Gasteiger partial charge in [0.05, 0.1) is 18.6 Å². The molecule has 0 amide bonds. The Hall–Kier alpha value is -3.28. The van der Waals surface area contributed by atoms with Crippen molar-refractivity contribution in [1.82, 2.24) is 14.6 Å². The van der Waals surface area contributed by atoms with Crippen molar-refractivity contribution in [3.8, 4) is 17.6 Å². The highest BCUT2D eigenvalue weighted by Gasteiger charge is 2.50. The first-order chi connectivity index (χ1) is 15.3. The number of para-hydroxylation sites is 1. The topological polar surface area (TPSA) is 72.4 Å². The van der Waals surface area contributed by atoms with Crippen LogP contribution >= 0.6 is 0 Å². The van der Waals surface area contributed by atoms with E-state index in [4.69, 9.17) is 9.47 Å². The fraction of sp³-hybridized carbons (Fsp3) is 0.435. The lowest BCUT2D eigenvalue weighted by Crippen LogP contribution is -2.46. The number of halogens is 3. The zero-order chi connectivity index (χ0) is 22.5. The van der Waals surface area contributed by atoms with Gasteiger partial charge >= 0.3 is 6.18 Å². The van der Waals surface area contributed by atoms with Crippen molar-refractivity contribution in [2.75, 3.05) is 7.11 Å². The molecule has 3 aromatic rings. The molecule has 2 aromatic heterocycles. The Balaban J connectivity index is 1.43. The van der Waals surface area contributed by atoms with E-state index in [0.717, 1.165) is 18.4 Å². The molecule has 2 heterocycles. The summed E-state index contributed by atoms with van der Waals surface area (Å²) in [4.78, 5) is 0. The number of methoxy groups -OCH3 is 1. The summed E-state index contributed by atoms with van der Waals surface area (Å²) in [6.45, 7) is 0. The lowest BCUT2D eigenvalue weighted by atomic mass is 9.63. The van der Waals surface area contributed by atoms with Crippen LogP contribution in [0.2, 0.25) is 0 Å². The highest BCUT2D eigenvalue weighted by molar-refractivity contribution is 5.57. The zero-order valence-electron chi connectivity index (χ0n) is 17.4. The van der Waals surface area contributed by atoms with Crippen LogP contribution in [0.5, 0.6) is 11.5 Å². The molecule has 2 aliphatic carbocycles. The predicted octanol–water partition coefficient (Wildman–Crippen LogP) is 4.71. The minimum Gasteiger partial charge on any atom is -0.496 e. The third kappa shape index (κ3) is 3.44. The maximum Gasteiger partial charge on any atom is 0.423 e. The van der Waals surface area contributed by atoms with Crippen molar-refractivity contribution in [2.24, 2.45) is 5.92 Å². The van der Waals surface area contributed by atoms with E-state index in [1.54, 1.807) is 12.1 Å². The van der Waals surface area contributed by atoms with Crippen LogP contribution in [0.1, 0.15) is 42.6 Å². The van der Waals surface area contributed by atoms with Gasteiger partial charge in [0.1, 0.15) is 29.0 Å². The van der Waals surface area contributed by atoms with Gasteiger partial charge < -0.3 is 9.47 Å². The third-order valence-electron chi connectivity index (χ3n) is 6.35. The number of nitriles is 1.